The number of amides is 1. The molecular formula is C14H23NO. The van der Waals surface area contributed by atoms with Gasteiger partial charge < -0.3 is 4.90 Å². The lowest BCUT2D eigenvalue weighted by Crippen LogP contribution is -2.33. The van der Waals surface area contributed by atoms with Gasteiger partial charge in [0.2, 0.25) is 5.91 Å². The highest BCUT2D eigenvalue weighted by atomic mass is 16.2. The van der Waals surface area contributed by atoms with E-state index < -0.39 is 0 Å². The molecule has 0 N–H and O–H groups in total. The summed E-state index contributed by atoms with van der Waals surface area (Å²) in [5.74, 6) is 0.330. The van der Waals surface area contributed by atoms with Crippen molar-refractivity contribution in [1.82, 2.24) is 4.90 Å². The summed E-state index contributed by atoms with van der Waals surface area (Å²) in [7, 11) is 0. The Balaban J connectivity index is 2.43. The van der Waals surface area contributed by atoms with Crippen molar-refractivity contribution < 1.29 is 4.79 Å². The molecule has 1 unspecified atom stereocenters. The third-order valence-electron chi connectivity index (χ3n) is 3.08. The number of carbonyl (C=O) groups excluding carboxylic acids is 1. The highest BCUT2D eigenvalue weighted by molar-refractivity contribution is 5.78. The van der Waals surface area contributed by atoms with E-state index in [1.54, 1.807) is 0 Å². The fourth-order valence-electron chi connectivity index (χ4n) is 2.20. The van der Waals surface area contributed by atoms with Gasteiger partial charge >= 0.3 is 0 Å². The summed E-state index contributed by atoms with van der Waals surface area (Å²) in [4.78, 5) is 13.8. The summed E-state index contributed by atoms with van der Waals surface area (Å²) < 4.78 is 0. The summed E-state index contributed by atoms with van der Waals surface area (Å²) in [5.41, 5.74) is 1.33. The molecule has 0 spiro atoms. The van der Waals surface area contributed by atoms with Crippen LogP contribution in [0.1, 0.15) is 46.0 Å². The molecule has 1 saturated heterocycles. The van der Waals surface area contributed by atoms with Gasteiger partial charge in [0.1, 0.15) is 0 Å². The van der Waals surface area contributed by atoms with Crippen molar-refractivity contribution in [1.29, 1.82) is 0 Å². The molecule has 0 aromatic heterocycles. The maximum Gasteiger partial charge on any atom is 0.222 e. The zero-order valence-corrected chi connectivity index (χ0v) is 10.5. The third-order valence-corrected chi connectivity index (χ3v) is 3.08. The highest BCUT2D eigenvalue weighted by Crippen LogP contribution is 2.23. The van der Waals surface area contributed by atoms with E-state index in [4.69, 9.17) is 0 Å². The molecule has 0 bridgehead atoms. The Labute approximate surface area is 99.0 Å². The zero-order valence-electron chi connectivity index (χ0n) is 10.5. The Kier molecular flexibility index (Phi) is 5.30. The van der Waals surface area contributed by atoms with Crippen LogP contribution in [0.4, 0.5) is 0 Å². The molecular weight excluding hydrogens is 198 g/mol. The standard InChI is InChI=1S/C14H23NO/c1-4-5-8-13-9-10-14(16)15(13)11-6-7-12(2)3/h4,7,13H,1,5-6,8-11H2,2-3H3. The minimum absolute atomic E-state index is 0.330. The molecule has 0 radical (unpaired) electrons. The molecule has 1 aliphatic rings. The van der Waals surface area contributed by atoms with Gasteiger partial charge in [-0.15, -0.1) is 6.58 Å². The molecule has 1 aliphatic heterocycles. The van der Waals surface area contributed by atoms with Crippen LogP contribution in [-0.2, 0) is 4.79 Å². The van der Waals surface area contributed by atoms with E-state index >= 15 is 0 Å². The van der Waals surface area contributed by atoms with Crippen LogP contribution in [0, 0.1) is 0 Å². The Bertz CT molecular complexity index is 276. The van der Waals surface area contributed by atoms with Gasteiger partial charge in [0.25, 0.3) is 0 Å². The molecule has 0 aromatic rings. The second-order valence-electron chi connectivity index (χ2n) is 4.72. The molecule has 1 rings (SSSR count). The Hall–Kier alpha value is -1.05. The molecule has 0 saturated carbocycles. The molecule has 1 atom stereocenters. The molecule has 2 nitrogen and oxygen atoms in total. The molecule has 2 heteroatoms. The average molecular weight is 221 g/mol. The topological polar surface area (TPSA) is 20.3 Å². The lowest BCUT2D eigenvalue weighted by Gasteiger charge is -2.24. The molecule has 1 heterocycles. The second-order valence-corrected chi connectivity index (χ2v) is 4.72. The van der Waals surface area contributed by atoms with Crippen LogP contribution in [0.25, 0.3) is 0 Å². The van der Waals surface area contributed by atoms with E-state index in [9.17, 15) is 4.79 Å². The van der Waals surface area contributed by atoms with E-state index in [1.165, 1.54) is 5.57 Å². The van der Waals surface area contributed by atoms with Gasteiger partial charge in [0.15, 0.2) is 0 Å². The van der Waals surface area contributed by atoms with Crippen molar-refractivity contribution in [2.24, 2.45) is 0 Å². The van der Waals surface area contributed by atoms with E-state index in [0.29, 0.717) is 11.9 Å². The van der Waals surface area contributed by atoms with Gasteiger partial charge in [-0.05, 0) is 39.5 Å². The fourth-order valence-corrected chi connectivity index (χ4v) is 2.20. The predicted octanol–water partition coefficient (Wildman–Crippen LogP) is 3.30. The normalized spacial score (nSPS) is 20.0. The number of carbonyl (C=O) groups is 1. The van der Waals surface area contributed by atoms with Gasteiger partial charge in [-0.3, -0.25) is 4.79 Å². The third kappa shape index (κ3) is 3.84. The number of likely N-dealkylation sites (tertiary alicyclic amines) is 1. The second kappa shape index (κ2) is 6.51. The highest BCUT2D eigenvalue weighted by Gasteiger charge is 2.29. The SMILES string of the molecule is C=CCCC1CCC(=O)N1CCC=C(C)C. The molecule has 0 aliphatic carbocycles. The molecule has 1 amide bonds. The van der Waals surface area contributed by atoms with Crippen molar-refractivity contribution in [2.45, 2.75) is 52.0 Å². The Morgan fingerprint density at radius 1 is 1.50 bits per heavy atom. The molecule has 16 heavy (non-hydrogen) atoms. The largest absolute Gasteiger partial charge is 0.339 e. The summed E-state index contributed by atoms with van der Waals surface area (Å²) in [6, 6.07) is 0.455. The Morgan fingerprint density at radius 2 is 2.25 bits per heavy atom. The first-order valence-corrected chi connectivity index (χ1v) is 6.19. The number of hydrogen-bond acceptors (Lipinski definition) is 1. The fraction of sp³-hybridized carbons (Fsp3) is 0.643. The summed E-state index contributed by atoms with van der Waals surface area (Å²) >= 11 is 0. The van der Waals surface area contributed by atoms with Crippen molar-refractivity contribution in [2.75, 3.05) is 6.54 Å². The average Bonchev–Trinajstić information content (AvgIpc) is 2.57. The monoisotopic (exact) mass is 221 g/mol. The summed E-state index contributed by atoms with van der Waals surface area (Å²) in [5, 5.41) is 0. The van der Waals surface area contributed by atoms with Gasteiger partial charge in [-0.25, -0.2) is 0 Å². The lowest BCUT2D eigenvalue weighted by molar-refractivity contribution is -0.128. The molecule has 90 valence electrons. The lowest BCUT2D eigenvalue weighted by atomic mass is 10.1. The van der Waals surface area contributed by atoms with E-state index in [2.05, 4.69) is 31.4 Å². The van der Waals surface area contributed by atoms with Crippen molar-refractivity contribution >= 4 is 5.91 Å². The minimum atomic E-state index is 0.330. The van der Waals surface area contributed by atoms with Gasteiger partial charge in [-0.1, -0.05) is 17.7 Å². The predicted molar refractivity (Wildman–Crippen MR) is 68.2 cm³/mol. The van der Waals surface area contributed by atoms with Crippen molar-refractivity contribution in [3.05, 3.63) is 24.3 Å². The Morgan fingerprint density at radius 3 is 2.88 bits per heavy atom. The van der Waals surface area contributed by atoms with E-state index in [0.717, 1.165) is 38.6 Å². The number of allylic oxidation sites excluding steroid dienone is 2. The first-order chi connectivity index (χ1) is 7.65. The maximum atomic E-state index is 11.7. The number of rotatable bonds is 6. The first-order valence-electron chi connectivity index (χ1n) is 6.19. The van der Waals surface area contributed by atoms with Gasteiger partial charge in [0, 0.05) is 19.0 Å². The van der Waals surface area contributed by atoms with Crippen LogP contribution in [-0.4, -0.2) is 23.4 Å². The van der Waals surface area contributed by atoms with E-state index in [1.807, 2.05) is 6.08 Å². The summed E-state index contributed by atoms with van der Waals surface area (Å²) in [6.07, 6.45) is 8.98. The minimum Gasteiger partial charge on any atom is -0.339 e. The van der Waals surface area contributed by atoms with Crippen LogP contribution < -0.4 is 0 Å². The molecule has 1 fully saturated rings. The van der Waals surface area contributed by atoms with E-state index in [-0.39, 0.29) is 0 Å². The maximum absolute atomic E-state index is 11.7. The van der Waals surface area contributed by atoms with Crippen LogP contribution in [0.5, 0.6) is 0 Å². The molecule has 0 aromatic carbocycles. The van der Waals surface area contributed by atoms with Crippen LogP contribution in [0.2, 0.25) is 0 Å². The summed E-state index contributed by atoms with van der Waals surface area (Å²) in [6.45, 7) is 8.82. The van der Waals surface area contributed by atoms with Crippen LogP contribution in [0.15, 0.2) is 24.3 Å². The van der Waals surface area contributed by atoms with Crippen molar-refractivity contribution in [3.8, 4) is 0 Å². The number of hydrogen-bond donors (Lipinski definition) is 0. The first kappa shape index (κ1) is 13.0. The van der Waals surface area contributed by atoms with Gasteiger partial charge in [0.05, 0.1) is 0 Å². The number of nitrogens with zero attached hydrogens (tertiary/aromatic N) is 1. The van der Waals surface area contributed by atoms with Crippen molar-refractivity contribution in [3.63, 3.8) is 0 Å². The quantitative estimate of drug-likeness (QED) is 0.630. The van der Waals surface area contributed by atoms with Gasteiger partial charge in [-0.2, -0.15) is 0 Å². The van der Waals surface area contributed by atoms with Crippen LogP contribution in [0.3, 0.4) is 0 Å². The zero-order chi connectivity index (χ0) is 12.0. The smallest absolute Gasteiger partial charge is 0.222 e. The van der Waals surface area contributed by atoms with Crippen LogP contribution >= 0.6 is 0 Å².